The van der Waals surface area contributed by atoms with Gasteiger partial charge in [0.2, 0.25) is 5.91 Å². The molecule has 0 aliphatic carbocycles. The van der Waals surface area contributed by atoms with Gasteiger partial charge in [0.25, 0.3) is 0 Å². The number of unbranched alkanes of at least 4 members (excludes halogenated alkanes) is 1. The normalized spacial score (nSPS) is 23.6. The summed E-state index contributed by atoms with van der Waals surface area (Å²) in [4.78, 5) is 14.3. The van der Waals surface area contributed by atoms with Gasteiger partial charge in [0, 0.05) is 13.2 Å². The maximum atomic E-state index is 12.3. The smallest absolute Gasteiger partial charge is 0.241 e. The third-order valence-electron chi connectivity index (χ3n) is 3.62. The SMILES string of the molecule is CCCCOCCN1C(=O)C(CCC)NC1C(C)C. The molecule has 1 rings (SSSR count). The molecule has 0 aromatic carbocycles. The van der Waals surface area contributed by atoms with Crippen LogP contribution in [-0.4, -0.2) is 42.8 Å². The number of carbonyl (C=O) groups excluding carboxylic acids is 1. The predicted molar refractivity (Wildman–Crippen MR) is 77.9 cm³/mol. The van der Waals surface area contributed by atoms with Crippen molar-refractivity contribution >= 4 is 5.91 Å². The molecule has 1 aliphatic rings. The number of amides is 1. The third kappa shape index (κ3) is 4.77. The molecule has 0 bridgehead atoms. The zero-order valence-electron chi connectivity index (χ0n) is 12.9. The predicted octanol–water partition coefficient (Wildman–Crippen LogP) is 2.39. The van der Waals surface area contributed by atoms with Crippen LogP contribution >= 0.6 is 0 Å². The van der Waals surface area contributed by atoms with Gasteiger partial charge in [-0.2, -0.15) is 0 Å². The fourth-order valence-electron chi connectivity index (χ4n) is 2.51. The Labute approximate surface area is 117 Å². The second-order valence-electron chi connectivity index (χ2n) is 5.69. The average molecular weight is 270 g/mol. The van der Waals surface area contributed by atoms with Gasteiger partial charge in [0.05, 0.1) is 18.8 Å². The number of carbonyl (C=O) groups is 1. The highest BCUT2D eigenvalue weighted by molar-refractivity contribution is 5.84. The zero-order valence-corrected chi connectivity index (χ0v) is 12.9. The number of hydrogen-bond donors (Lipinski definition) is 1. The van der Waals surface area contributed by atoms with Gasteiger partial charge in [-0.15, -0.1) is 0 Å². The van der Waals surface area contributed by atoms with E-state index in [2.05, 4.69) is 33.0 Å². The summed E-state index contributed by atoms with van der Waals surface area (Å²) in [7, 11) is 0. The summed E-state index contributed by atoms with van der Waals surface area (Å²) in [6.07, 6.45) is 4.37. The molecule has 4 nitrogen and oxygen atoms in total. The molecule has 4 heteroatoms. The van der Waals surface area contributed by atoms with Crippen molar-refractivity contribution < 1.29 is 9.53 Å². The molecule has 1 saturated heterocycles. The molecule has 0 saturated carbocycles. The minimum absolute atomic E-state index is 0.00745. The van der Waals surface area contributed by atoms with Crippen molar-refractivity contribution in [2.45, 2.75) is 65.6 Å². The van der Waals surface area contributed by atoms with Crippen molar-refractivity contribution in [2.24, 2.45) is 5.92 Å². The second kappa shape index (κ2) is 8.54. The van der Waals surface area contributed by atoms with Gasteiger partial charge in [-0.3, -0.25) is 10.1 Å². The van der Waals surface area contributed by atoms with Gasteiger partial charge >= 0.3 is 0 Å². The van der Waals surface area contributed by atoms with E-state index in [0.29, 0.717) is 19.1 Å². The highest BCUT2D eigenvalue weighted by Crippen LogP contribution is 2.19. The summed E-state index contributed by atoms with van der Waals surface area (Å²) in [5.41, 5.74) is 0. The van der Waals surface area contributed by atoms with Crippen LogP contribution in [0.5, 0.6) is 0 Å². The lowest BCUT2D eigenvalue weighted by Gasteiger charge is -2.27. The second-order valence-corrected chi connectivity index (χ2v) is 5.69. The number of rotatable bonds is 9. The molecule has 112 valence electrons. The molecule has 2 unspecified atom stereocenters. The number of hydrogen-bond acceptors (Lipinski definition) is 3. The van der Waals surface area contributed by atoms with Crippen LogP contribution in [0.3, 0.4) is 0 Å². The van der Waals surface area contributed by atoms with Crippen molar-refractivity contribution in [1.82, 2.24) is 10.2 Å². The minimum atomic E-state index is 0.00745. The summed E-state index contributed by atoms with van der Waals surface area (Å²) >= 11 is 0. The lowest BCUT2D eigenvalue weighted by atomic mass is 10.1. The standard InChI is InChI=1S/C15H30N2O2/c1-5-7-10-19-11-9-17-14(12(3)4)16-13(8-6-2)15(17)18/h12-14,16H,5-11H2,1-4H3. The third-order valence-corrected chi connectivity index (χ3v) is 3.62. The fourth-order valence-corrected chi connectivity index (χ4v) is 2.51. The Morgan fingerprint density at radius 1 is 1.26 bits per heavy atom. The fraction of sp³-hybridized carbons (Fsp3) is 0.933. The van der Waals surface area contributed by atoms with E-state index in [9.17, 15) is 4.79 Å². The van der Waals surface area contributed by atoms with Crippen LogP contribution in [-0.2, 0) is 9.53 Å². The van der Waals surface area contributed by atoms with E-state index in [4.69, 9.17) is 4.74 Å². The van der Waals surface area contributed by atoms with Crippen LogP contribution in [0.25, 0.3) is 0 Å². The summed E-state index contributed by atoms with van der Waals surface area (Å²) in [6.45, 7) is 10.7. The Bertz CT molecular complexity index is 269. The minimum Gasteiger partial charge on any atom is -0.380 e. The molecule has 19 heavy (non-hydrogen) atoms. The molecule has 1 N–H and O–H groups in total. The first kappa shape index (κ1) is 16.4. The summed E-state index contributed by atoms with van der Waals surface area (Å²) < 4.78 is 5.59. The topological polar surface area (TPSA) is 41.6 Å². The van der Waals surface area contributed by atoms with Crippen LogP contribution in [0, 0.1) is 5.92 Å². The molecule has 1 heterocycles. The van der Waals surface area contributed by atoms with Gasteiger partial charge in [-0.1, -0.05) is 40.5 Å². The van der Waals surface area contributed by atoms with Crippen molar-refractivity contribution in [1.29, 1.82) is 0 Å². The number of ether oxygens (including phenoxy) is 1. The number of nitrogens with one attached hydrogen (secondary N) is 1. The van der Waals surface area contributed by atoms with Crippen molar-refractivity contribution in [3.63, 3.8) is 0 Å². The molecule has 1 aliphatic heterocycles. The maximum Gasteiger partial charge on any atom is 0.241 e. The molecule has 0 aromatic heterocycles. The lowest BCUT2D eigenvalue weighted by molar-refractivity contribution is -0.131. The first-order valence-corrected chi connectivity index (χ1v) is 7.76. The Balaban J connectivity index is 2.45. The molecule has 2 atom stereocenters. The van der Waals surface area contributed by atoms with E-state index in [1.165, 1.54) is 0 Å². The van der Waals surface area contributed by atoms with Crippen LogP contribution < -0.4 is 5.32 Å². The zero-order chi connectivity index (χ0) is 14.3. The lowest BCUT2D eigenvalue weighted by Crippen LogP contribution is -2.43. The highest BCUT2D eigenvalue weighted by Gasteiger charge is 2.39. The van der Waals surface area contributed by atoms with Gasteiger partial charge < -0.3 is 9.64 Å². The van der Waals surface area contributed by atoms with Crippen molar-refractivity contribution in [2.75, 3.05) is 19.8 Å². The quantitative estimate of drug-likeness (QED) is 0.654. The van der Waals surface area contributed by atoms with Crippen LogP contribution in [0.4, 0.5) is 0 Å². The Morgan fingerprint density at radius 3 is 2.58 bits per heavy atom. The molecule has 0 radical (unpaired) electrons. The molecule has 1 fully saturated rings. The largest absolute Gasteiger partial charge is 0.380 e. The van der Waals surface area contributed by atoms with E-state index in [0.717, 1.165) is 32.3 Å². The van der Waals surface area contributed by atoms with Gasteiger partial charge in [-0.05, 0) is 18.8 Å². The van der Waals surface area contributed by atoms with E-state index in [1.54, 1.807) is 0 Å². The van der Waals surface area contributed by atoms with E-state index >= 15 is 0 Å². The van der Waals surface area contributed by atoms with Crippen molar-refractivity contribution in [3.05, 3.63) is 0 Å². The van der Waals surface area contributed by atoms with E-state index in [1.807, 2.05) is 4.90 Å². The van der Waals surface area contributed by atoms with Crippen LogP contribution in [0.1, 0.15) is 53.4 Å². The highest BCUT2D eigenvalue weighted by atomic mass is 16.5. The molecular weight excluding hydrogens is 240 g/mol. The van der Waals surface area contributed by atoms with Crippen molar-refractivity contribution in [3.8, 4) is 0 Å². The molecular formula is C15H30N2O2. The van der Waals surface area contributed by atoms with Crippen LogP contribution in [0.2, 0.25) is 0 Å². The summed E-state index contributed by atoms with van der Waals surface area (Å²) in [5.74, 6) is 0.682. The van der Waals surface area contributed by atoms with E-state index in [-0.39, 0.29) is 18.1 Å². The van der Waals surface area contributed by atoms with E-state index < -0.39 is 0 Å². The first-order chi connectivity index (χ1) is 9.11. The molecule has 0 aromatic rings. The Morgan fingerprint density at radius 2 is 2.00 bits per heavy atom. The first-order valence-electron chi connectivity index (χ1n) is 7.76. The summed E-state index contributed by atoms with van der Waals surface area (Å²) in [6, 6.07) is 0.00745. The average Bonchev–Trinajstić information content (AvgIpc) is 2.68. The Kier molecular flexibility index (Phi) is 7.39. The molecule has 1 amide bonds. The monoisotopic (exact) mass is 270 g/mol. The van der Waals surface area contributed by atoms with Crippen LogP contribution in [0.15, 0.2) is 0 Å². The Hall–Kier alpha value is -0.610. The number of nitrogens with zero attached hydrogens (tertiary/aromatic N) is 1. The van der Waals surface area contributed by atoms with Gasteiger partial charge in [0.15, 0.2) is 0 Å². The van der Waals surface area contributed by atoms with Gasteiger partial charge in [-0.25, -0.2) is 0 Å². The maximum absolute atomic E-state index is 12.3. The summed E-state index contributed by atoms with van der Waals surface area (Å²) in [5, 5.41) is 3.46. The molecule has 0 spiro atoms. The van der Waals surface area contributed by atoms with Gasteiger partial charge in [0.1, 0.15) is 0 Å².